The van der Waals surface area contributed by atoms with Crippen molar-refractivity contribution in [3.8, 4) is 23.0 Å². The molecule has 0 unspecified atom stereocenters. The van der Waals surface area contributed by atoms with Crippen molar-refractivity contribution in [1.82, 2.24) is 9.13 Å². The van der Waals surface area contributed by atoms with Gasteiger partial charge in [0.1, 0.15) is 32.1 Å². The van der Waals surface area contributed by atoms with Gasteiger partial charge in [-0.05, 0) is 36.4 Å². The van der Waals surface area contributed by atoms with E-state index in [0.717, 1.165) is 43.6 Å². The number of ether oxygens (including phenoxy) is 2. The number of fused-ring (bicyclic) bond motifs is 12. The first-order valence-corrected chi connectivity index (χ1v) is 13.6. The number of aromatic nitrogens is 2. The molecular formula is C32H18Cl2N4O2. The Morgan fingerprint density at radius 1 is 0.525 bits per heavy atom. The molecule has 192 valence electrons. The lowest BCUT2D eigenvalue weighted by atomic mass is 10.1. The summed E-state index contributed by atoms with van der Waals surface area (Å²) in [5.41, 5.74) is 5.65. The van der Waals surface area contributed by atoms with Crippen molar-refractivity contribution in [3.05, 3.63) is 93.6 Å². The van der Waals surface area contributed by atoms with Crippen LogP contribution in [0.1, 0.15) is 0 Å². The molecule has 0 spiro atoms. The number of rotatable bonds is 0. The maximum atomic E-state index is 7.01. The van der Waals surface area contributed by atoms with E-state index in [1.54, 1.807) is 0 Å². The number of para-hydroxylation sites is 2. The van der Waals surface area contributed by atoms with Crippen molar-refractivity contribution >= 4 is 78.2 Å². The van der Waals surface area contributed by atoms with Crippen LogP contribution < -0.4 is 20.2 Å². The lowest BCUT2D eigenvalue weighted by Crippen LogP contribution is -2.22. The van der Waals surface area contributed by atoms with Gasteiger partial charge in [-0.15, -0.1) is 0 Å². The van der Waals surface area contributed by atoms with Gasteiger partial charge in [-0.1, -0.05) is 59.6 Å². The third kappa shape index (κ3) is 2.65. The van der Waals surface area contributed by atoms with E-state index in [-0.39, 0.29) is 0 Å². The van der Waals surface area contributed by atoms with Crippen LogP contribution in [0.4, 0.5) is 11.4 Å². The van der Waals surface area contributed by atoms with Crippen LogP contribution >= 0.6 is 23.2 Å². The predicted molar refractivity (Wildman–Crippen MR) is 159 cm³/mol. The van der Waals surface area contributed by atoms with E-state index in [2.05, 4.69) is 45.5 Å². The van der Waals surface area contributed by atoms with Gasteiger partial charge in [0.2, 0.25) is 0 Å². The molecule has 2 aromatic heterocycles. The number of halogens is 2. The molecule has 5 aromatic carbocycles. The van der Waals surface area contributed by atoms with Gasteiger partial charge in [-0.2, -0.15) is 0 Å². The molecule has 40 heavy (non-hydrogen) atoms. The molecule has 0 amide bonds. The summed E-state index contributed by atoms with van der Waals surface area (Å²) in [5.74, 6) is 2.05. The third-order valence-corrected chi connectivity index (χ3v) is 8.84. The van der Waals surface area contributed by atoms with Crippen LogP contribution in [-0.4, -0.2) is 9.13 Å². The van der Waals surface area contributed by atoms with Gasteiger partial charge in [0.25, 0.3) is 0 Å². The quantitative estimate of drug-likeness (QED) is 0.187. The molecule has 0 saturated heterocycles. The monoisotopic (exact) mass is 560 g/mol. The van der Waals surface area contributed by atoms with E-state index in [1.165, 1.54) is 0 Å². The highest BCUT2D eigenvalue weighted by atomic mass is 35.5. The zero-order chi connectivity index (χ0) is 26.9. The molecule has 0 aliphatic carbocycles. The third-order valence-electron chi connectivity index (χ3n) is 8.14. The summed E-state index contributed by atoms with van der Waals surface area (Å²) in [4.78, 5) is 9.88. The zero-order valence-corrected chi connectivity index (χ0v) is 22.8. The van der Waals surface area contributed by atoms with Crippen LogP contribution in [0, 0.1) is 0 Å². The Hall–Kier alpha value is -4.52. The lowest BCUT2D eigenvalue weighted by molar-refractivity contribution is 0.457. The molecule has 0 N–H and O–H groups in total. The van der Waals surface area contributed by atoms with Crippen LogP contribution in [0.3, 0.4) is 0 Å². The van der Waals surface area contributed by atoms with Gasteiger partial charge in [0.15, 0.2) is 23.0 Å². The Kier molecular flexibility index (Phi) is 4.22. The molecule has 7 aromatic rings. The largest absolute Gasteiger partial charge is 0.450 e. The molecule has 4 heterocycles. The SMILES string of the molecule is Cn1c2ccccc2c2c3c(ccc21)N=c1c(Cl)c2c(c(Cl)c1O3)=Nc1ccc3c(c1O2)c1ccccc1n3C. The minimum Gasteiger partial charge on any atom is -0.450 e. The predicted octanol–water partition coefficient (Wildman–Crippen LogP) is 8.40. The fraction of sp³-hybridized carbons (Fsp3) is 0.0625. The molecule has 2 aliphatic rings. The average molecular weight is 561 g/mol. The number of nitrogens with zero attached hydrogens (tertiary/aromatic N) is 4. The molecule has 6 nitrogen and oxygen atoms in total. The Morgan fingerprint density at radius 2 is 0.950 bits per heavy atom. The van der Waals surface area contributed by atoms with Crippen molar-refractivity contribution < 1.29 is 9.47 Å². The van der Waals surface area contributed by atoms with Crippen LogP contribution in [-0.2, 0) is 14.1 Å². The van der Waals surface area contributed by atoms with E-state index >= 15 is 0 Å². The van der Waals surface area contributed by atoms with Crippen molar-refractivity contribution in [2.75, 3.05) is 0 Å². The second kappa shape index (κ2) is 7.56. The van der Waals surface area contributed by atoms with Crippen molar-refractivity contribution in [2.24, 2.45) is 24.1 Å². The van der Waals surface area contributed by atoms with Crippen molar-refractivity contribution in [1.29, 1.82) is 0 Å². The smallest absolute Gasteiger partial charge is 0.175 e. The summed E-state index contributed by atoms with van der Waals surface area (Å²) in [6.45, 7) is 0. The molecule has 0 atom stereocenters. The Morgan fingerprint density at radius 3 is 1.40 bits per heavy atom. The maximum absolute atomic E-state index is 7.01. The summed E-state index contributed by atoms with van der Waals surface area (Å²) in [7, 11) is 4.09. The van der Waals surface area contributed by atoms with E-state index in [0.29, 0.717) is 55.1 Å². The lowest BCUT2D eigenvalue weighted by Gasteiger charge is -2.21. The fourth-order valence-electron chi connectivity index (χ4n) is 6.25. The molecule has 0 fully saturated rings. The Labute approximate surface area is 236 Å². The van der Waals surface area contributed by atoms with E-state index in [4.69, 9.17) is 42.7 Å². The highest BCUT2D eigenvalue weighted by molar-refractivity contribution is 6.35. The molecule has 0 bridgehead atoms. The second-order valence-electron chi connectivity index (χ2n) is 10.2. The van der Waals surface area contributed by atoms with Crippen LogP contribution in [0.15, 0.2) is 82.8 Å². The summed E-state index contributed by atoms with van der Waals surface area (Å²) < 4.78 is 17.4. The van der Waals surface area contributed by atoms with Gasteiger partial charge in [-0.25, -0.2) is 9.98 Å². The first kappa shape index (κ1) is 22.3. The summed E-state index contributed by atoms with van der Waals surface area (Å²) in [6.07, 6.45) is 0. The van der Waals surface area contributed by atoms with Crippen molar-refractivity contribution in [3.63, 3.8) is 0 Å². The number of aryl methyl sites for hydroxylation is 2. The van der Waals surface area contributed by atoms with E-state index in [9.17, 15) is 0 Å². The number of benzene rings is 5. The van der Waals surface area contributed by atoms with Crippen molar-refractivity contribution in [2.45, 2.75) is 0 Å². The van der Waals surface area contributed by atoms with Gasteiger partial charge in [0, 0.05) is 35.9 Å². The highest BCUT2D eigenvalue weighted by Gasteiger charge is 2.30. The van der Waals surface area contributed by atoms with Gasteiger partial charge in [-0.3, -0.25) is 0 Å². The summed E-state index contributed by atoms with van der Waals surface area (Å²) >= 11 is 14.0. The first-order chi connectivity index (χ1) is 19.5. The van der Waals surface area contributed by atoms with E-state index in [1.807, 2.05) is 50.5 Å². The molecule has 8 heteroatoms. The van der Waals surface area contributed by atoms with Gasteiger partial charge in [0.05, 0.1) is 21.8 Å². The molecular weight excluding hydrogens is 543 g/mol. The topological polar surface area (TPSA) is 53.0 Å². The van der Waals surface area contributed by atoms with Gasteiger partial charge < -0.3 is 18.6 Å². The Bertz CT molecular complexity index is 2270. The molecule has 0 saturated carbocycles. The number of hydrogen-bond donors (Lipinski definition) is 0. The molecule has 2 aliphatic heterocycles. The standard InChI is InChI=1S/C32H18Cl2N4O2/c1-37-19-9-5-3-7-15(19)23-21(37)13-11-17-29(23)39-31-25(33)28-32(26(34)27(31)35-17)40-30-18(36-28)12-14-22-24(30)16-8-4-6-10-20(16)38(22)2/h3-14H,1-2H3. The second-order valence-corrected chi connectivity index (χ2v) is 10.9. The van der Waals surface area contributed by atoms with Crippen LogP contribution in [0.5, 0.6) is 23.0 Å². The Balaban J connectivity index is 1.33. The number of hydrogen-bond acceptors (Lipinski definition) is 4. The van der Waals surface area contributed by atoms with Crippen LogP contribution in [0.2, 0.25) is 10.0 Å². The summed E-state index contributed by atoms with van der Waals surface area (Å²) in [5, 5.41) is 5.60. The van der Waals surface area contributed by atoms with Crippen LogP contribution in [0.25, 0.3) is 43.6 Å². The summed E-state index contributed by atoms with van der Waals surface area (Å²) in [6, 6.07) is 24.5. The first-order valence-electron chi connectivity index (χ1n) is 12.9. The average Bonchev–Trinajstić information content (AvgIpc) is 3.46. The fourth-order valence-corrected chi connectivity index (χ4v) is 6.77. The minimum absolute atomic E-state index is 0.310. The maximum Gasteiger partial charge on any atom is 0.175 e. The molecule has 9 rings (SSSR count). The minimum atomic E-state index is 0.310. The molecule has 0 radical (unpaired) electrons. The zero-order valence-electron chi connectivity index (χ0n) is 21.3. The van der Waals surface area contributed by atoms with Gasteiger partial charge >= 0.3 is 0 Å². The van der Waals surface area contributed by atoms with E-state index < -0.39 is 0 Å². The highest BCUT2D eigenvalue weighted by Crippen LogP contribution is 2.49. The normalized spacial score (nSPS) is 13.3.